The molecule has 9 nitrogen and oxygen atoms in total. The average Bonchev–Trinajstić information content (AvgIpc) is 3.08. The summed E-state index contributed by atoms with van der Waals surface area (Å²) in [6.45, 7) is 2.73. The third kappa shape index (κ3) is 2.53. The molecule has 2 aromatic heterocycles. The standard InChI is InChI=1S/C21H21N3O6.ClH/c1-3-20-7-4-8-22-10-15(25)16-13-6-5-12(24(28)29)9-14(13)23(17(16)18(20)22)21(27,11-20)19(26)30-2;/h5-6,9-10,27H,3-4,7-8,11H2,1-2H3;1H/t20-,21?;/m0./s1. The number of hydrogen-bond donors (Lipinski definition) is 2. The number of carbonyl (C=O) groups excluding carboxylic acids is 1. The molecule has 5 rings (SSSR count). The summed E-state index contributed by atoms with van der Waals surface area (Å²) in [5, 5.41) is 35.1. The SMILES string of the molecule is CC[C@@]12CCC[n+]3cc(O)c4c5ccc([N+](=O)[O-])cc5n(c4c31)C(O)(C(=O)OC)C2.[Cl-]. The number of hydrogen-bond acceptors (Lipinski definition) is 6. The van der Waals surface area contributed by atoms with E-state index in [1.165, 1.54) is 23.8 Å². The number of aliphatic hydroxyl groups is 1. The number of aromatic hydroxyl groups is 1. The van der Waals surface area contributed by atoms with E-state index in [1.54, 1.807) is 12.3 Å². The van der Waals surface area contributed by atoms with Crippen molar-refractivity contribution >= 4 is 33.5 Å². The van der Waals surface area contributed by atoms with Crippen LogP contribution in [-0.4, -0.2) is 32.8 Å². The van der Waals surface area contributed by atoms with Crippen LogP contribution >= 0.6 is 0 Å². The zero-order valence-electron chi connectivity index (χ0n) is 17.1. The number of rotatable bonds is 3. The highest BCUT2D eigenvalue weighted by atomic mass is 35.5. The van der Waals surface area contributed by atoms with E-state index >= 15 is 0 Å². The average molecular weight is 448 g/mol. The molecule has 2 aliphatic heterocycles. The number of nitro groups is 1. The van der Waals surface area contributed by atoms with Gasteiger partial charge in [-0.1, -0.05) is 6.92 Å². The lowest BCUT2D eigenvalue weighted by Crippen LogP contribution is -3.00. The van der Waals surface area contributed by atoms with Crippen LogP contribution in [0.4, 0.5) is 5.69 Å². The Kier molecular flexibility index (Phi) is 4.68. The van der Waals surface area contributed by atoms with Gasteiger partial charge in [-0.15, -0.1) is 0 Å². The van der Waals surface area contributed by atoms with Crippen molar-refractivity contribution in [2.75, 3.05) is 7.11 Å². The Bertz CT molecular complexity index is 1270. The molecule has 0 radical (unpaired) electrons. The Labute approximate surface area is 183 Å². The summed E-state index contributed by atoms with van der Waals surface area (Å²) in [7, 11) is 1.21. The summed E-state index contributed by atoms with van der Waals surface area (Å²) >= 11 is 0. The molecule has 10 heteroatoms. The lowest BCUT2D eigenvalue weighted by molar-refractivity contribution is -0.714. The second kappa shape index (κ2) is 6.80. The summed E-state index contributed by atoms with van der Waals surface area (Å²) < 4.78 is 8.41. The molecule has 31 heavy (non-hydrogen) atoms. The maximum absolute atomic E-state index is 12.9. The Morgan fingerprint density at radius 3 is 2.81 bits per heavy atom. The van der Waals surface area contributed by atoms with Gasteiger partial charge < -0.3 is 27.4 Å². The maximum Gasteiger partial charge on any atom is 0.359 e. The number of halogens is 1. The molecule has 2 aliphatic rings. The number of carbonyl (C=O) groups is 1. The van der Waals surface area contributed by atoms with E-state index in [0.29, 0.717) is 34.8 Å². The molecule has 0 spiro atoms. The first-order valence-corrected chi connectivity index (χ1v) is 9.97. The van der Waals surface area contributed by atoms with Crippen molar-refractivity contribution in [3.05, 3.63) is 40.2 Å². The van der Waals surface area contributed by atoms with Gasteiger partial charge in [-0.3, -0.25) is 14.7 Å². The van der Waals surface area contributed by atoms with Crippen molar-refractivity contribution in [1.82, 2.24) is 4.57 Å². The largest absolute Gasteiger partial charge is 1.00 e. The van der Waals surface area contributed by atoms with Crippen molar-refractivity contribution < 1.29 is 41.6 Å². The van der Waals surface area contributed by atoms with E-state index in [1.807, 2.05) is 11.5 Å². The molecular weight excluding hydrogens is 426 g/mol. The number of ether oxygens (including phenoxy) is 1. The topological polar surface area (TPSA) is 119 Å². The minimum Gasteiger partial charge on any atom is -1.00 e. The van der Waals surface area contributed by atoms with E-state index < -0.39 is 22.0 Å². The van der Waals surface area contributed by atoms with Gasteiger partial charge in [0.05, 0.1) is 28.4 Å². The van der Waals surface area contributed by atoms with E-state index in [2.05, 4.69) is 0 Å². The molecule has 1 aromatic carbocycles. The van der Waals surface area contributed by atoms with Crippen molar-refractivity contribution in [2.45, 2.75) is 50.3 Å². The number of pyridine rings is 1. The number of aryl methyl sites for hydroxylation is 1. The second-order valence-corrected chi connectivity index (χ2v) is 8.30. The normalized spacial score (nSPS) is 24.1. The van der Waals surface area contributed by atoms with Crippen LogP contribution in [0.5, 0.6) is 5.75 Å². The maximum atomic E-state index is 12.9. The number of aromatic nitrogens is 2. The second-order valence-electron chi connectivity index (χ2n) is 8.30. The highest BCUT2D eigenvalue weighted by Crippen LogP contribution is 2.53. The Hall–Kier alpha value is -2.91. The summed E-state index contributed by atoms with van der Waals surface area (Å²) in [6, 6.07) is 4.25. The Morgan fingerprint density at radius 2 is 2.16 bits per heavy atom. The molecule has 0 saturated carbocycles. The summed E-state index contributed by atoms with van der Waals surface area (Å²) in [5.41, 5.74) is -0.907. The summed E-state index contributed by atoms with van der Waals surface area (Å²) in [6.07, 6.45) is 4.11. The number of esters is 1. The first-order valence-electron chi connectivity index (χ1n) is 9.97. The number of fused-ring (bicyclic) bond motifs is 3. The van der Waals surface area contributed by atoms with Gasteiger partial charge in [0.2, 0.25) is 17.6 Å². The van der Waals surface area contributed by atoms with Crippen molar-refractivity contribution in [3.8, 4) is 5.75 Å². The lowest BCUT2D eigenvalue weighted by Gasteiger charge is -2.44. The highest BCUT2D eigenvalue weighted by molar-refractivity contribution is 6.13. The van der Waals surface area contributed by atoms with Crippen LogP contribution in [0.15, 0.2) is 24.4 Å². The van der Waals surface area contributed by atoms with Gasteiger partial charge in [-0.05, 0) is 18.9 Å². The predicted octanol–water partition coefficient (Wildman–Crippen LogP) is -0.637. The first kappa shape index (κ1) is 21.3. The molecule has 2 atom stereocenters. The molecule has 0 saturated heterocycles. The molecule has 2 N–H and O–H groups in total. The third-order valence-electron chi connectivity index (χ3n) is 6.91. The fraction of sp³-hybridized carbons (Fsp3) is 0.429. The van der Waals surface area contributed by atoms with Gasteiger partial charge >= 0.3 is 5.97 Å². The molecule has 0 amide bonds. The van der Waals surface area contributed by atoms with Crippen LogP contribution in [-0.2, 0) is 27.2 Å². The van der Waals surface area contributed by atoms with Crippen LogP contribution in [0.1, 0.15) is 38.3 Å². The number of nitrogens with zero attached hydrogens (tertiary/aromatic N) is 3. The molecule has 3 aromatic rings. The van der Waals surface area contributed by atoms with Gasteiger partial charge in [-0.25, -0.2) is 4.79 Å². The van der Waals surface area contributed by atoms with Gasteiger partial charge in [0.1, 0.15) is 12.1 Å². The lowest BCUT2D eigenvalue weighted by atomic mass is 9.67. The first-order chi connectivity index (χ1) is 14.3. The summed E-state index contributed by atoms with van der Waals surface area (Å²) in [5.74, 6) is -0.820. The number of nitro benzene ring substituents is 1. The van der Waals surface area contributed by atoms with Crippen LogP contribution in [0.2, 0.25) is 0 Å². The van der Waals surface area contributed by atoms with Crippen molar-refractivity contribution in [3.63, 3.8) is 0 Å². The van der Waals surface area contributed by atoms with Crippen LogP contribution in [0.25, 0.3) is 21.8 Å². The zero-order valence-corrected chi connectivity index (χ0v) is 17.8. The molecule has 4 heterocycles. The number of benzene rings is 1. The Balaban J connectivity index is 0.00000231. The van der Waals surface area contributed by atoms with E-state index in [0.717, 1.165) is 18.5 Å². The van der Waals surface area contributed by atoms with Crippen LogP contribution in [0.3, 0.4) is 0 Å². The minimum absolute atomic E-state index is 0. The zero-order chi connectivity index (χ0) is 21.4. The van der Waals surface area contributed by atoms with Crippen LogP contribution in [0, 0.1) is 10.1 Å². The molecular formula is C21H22ClN3O6. The molecule has 0 bridgehead atoms. The monoisotopic (exact) mass is 447 g/mol. The Morgan fingerprint density at radius 1 is 1.42 bits per heavy atom. The molecule has 0 aliphatic carbocycles. The fourth-order valence-electron chi connectivity index (χ4n) is 5.63. The molecule has 1 unspecified atom stereocenters. The van der Waals surface area contributed by atoms with Gasteiger partial charge in [0.15, 0.2) is 5.75 Å². The van der Waals surface area contributed by atoms with E-state index in [9.17, 15) is 25.1 Å². The molecule has 164 valence electrons. The van der Waals surface area contributed by atoms with Gasteiger partial charge in [0, 0.05) is 30.4 Å². The van der Waals surface area contributed by atoms with E-state index in [4.69, 9.17) is 4.74 Å². The fourth-order valence-corrected chi connectivity index (χ4v) is 5.63. The van der Waals surface area contributed by atoms with Crippen molar-refractivity contribution in [2.24, 2.45) is 0 Å². The smallest absolute Gasteiger partial charge is 0.359 e. The quantitative estimate of drug-likeness (QED) is 0.239. The molecule has 0 fully saturated rings. The summed E-state index contributed by atoms with van der Waals surface area (Å²) in [4.78, 5) is 23.8. The third-order valence-corrected chi connectivity index (χ3v) is 6.91. The van der Waals surface area contributed by atoms with Crippen LogP contribution < -0.4 is 17.0 Å². The minimum atomic E-state index is -2.05. The number of methoxy groups -OCH3 is 1. The van der Waals surface area contributed by atoms with Crippen molar-refractivity contribution in [1.29, 1.82) is 0 Å². The number of non-ortho nitro benzene ring substituents is 1. The van der Waals surface area contributed by atoms with Gasteiger partial charge in [-0.2, -0.15) is 4.57 Å². The highest BCUT2D eigenvalue weighted by Gasteiger charge is 2.58. The predicted molar refractivity (Wildman–Crippen MR) is 106 cm³/mol. The van der Waals surface area contributed by atoms with E-state index in [-0.39, 0.29) is 30.3 Å². The van der Waals surface area contributed by atoms with Gasteiger partial charge in [0.25, 0.3) is 5.69 Å².